The van der Waals surface area contributed by atoms with E-state index in [0.29, 0.717) is 31.1 Å². The summed E-state index contributed by atoms with van der Waals surface area (Å²) in [4.78, 5) is 15.3. The van der Waals surface area contributed by atoms with Crippen LogP contribution >= 0.6 is 0 Å². The number of carbonyl (C=O) groups excluding carboxylic acids is 1. The van der Waals surface area contributed by atoms with Gasteiger partial charge < -0.3 is 14.5 Å². The molecule has 1 amide bonds. The minimum absolute atomic E-state index is 0.103. The van der Waals surface area contributed by atoms with Crippen molar-refractivity contribution in [1.82, 2.24) is 9.62 Å². The highest BCUT2D eigenvalue weighted by atomic mass is 32.2. The van der Waals surface area contributed by atoms with Crippen molar-refractivity contribution >= 4 is 21.6 Å². The van der Waals surface area contributed by atoms with Crippen molar-refractivity contribution < 1.29 is 17.9 Å². The van der Waals surface area contributed by atoms with Gasteiger partial charge in [-0.2, -0.15) is 0 Å². The molecule has 1 N–H and O–H groups in total. The van der Waals surface area contributed by atoms with E-state index in [1.54, 1.807) is 13.1 Å². The summed E-state index contributed by atoms with van der Waals surface area (Å²) >= 11 is 0. The molecule has 2 rings (SSSR count). The molecule has 8 heteroatoms. The molecule has 7 nitrogen and oxygen atoms in total. The smallest absolute Gasteiger partial charge is 0.240 e. The third-order valence-corrected chi connectivity index (χ3v) is 4.86. The molecule has 1 aromatic rings. The number of benzene rings is 1. The Morgan fingerprint density at radius 3 is 2.77 bits per heavy atom. The van der Waals surface area contributed by atoms with Crippen molar-refractivity contribution in [3.63, 3.8) is 0 Å². The summed E-state index contributed by atoms with van der Waals surface area (Å²) in [6, 6.07) is 4.54. The third-order valence-electron chi connectivity index (χ3n) is 3.40. The Hall–Kier alpha value is -1.64. The first kappa shape index (κ1) is 16.7. The van der Waals surface area contributed by atoms with E-state index in [1.165, 1.54) is 17.0 Å². The molecule has 0 fully saturated rings. The Labute approximate surface area is 130 Å². The number of amides is 1. The average Bonchev–Trinajstić information content (AvgIpc) is 2.58. The molecule has 1 aliphatic rings. The summed E-state index contributed by atoms with van der Waals surface area (Å²) in [5.74, 6) is 0.412. The quantitative estimate of drug-likeness (QED) is 0.840. The van der Waals surface area contributed by atoms with E-state index in [2.05, 4.69) is 4.72 Å². The maximum absolute atomic E-state index is 12.3. The van der Waals surface area contributed by atoms with E-state index in [0.717, 1.165) is 0 Å². The summed E-state index contributed by atoms with van der Waals surface area (Å²) in [6.45, 7) is 1.21. The third kappa shape index (κ3) is 3.76. The van der Waals surface area contributed by atoms with Gasteiger partial charge in [0.05, 0.1) is 23.6 Å². The molecule has 0 aromatic heterocycles. The molecule has 0 unspecified atom stereocenters. The molecule has 0 bridgehead atoms. The molecular formula is C14H21N3O4S. The predicted octanol–water partition coefficient (Wildman–Crippen LogP) is 0.272. The number of fused-ring (bicyclic) bond motifs is 1. The van der Waals surface area contributed by atoms with Crippen LogP contribution in [0.25, 0.3) is 0 Å². The predicted molar refractivity (Wildman–Crippen MR) is 83.7 cm³/mol. The highest BCUT2D eigenvalue weighted by Crippen LogP contribution is 2.32. The molecule has 0 radical (unpaired) electrons. The van der Waals surface area contributed by atoms with E-state index < -0.39 is 10.0 Å². The number of sulfonamides is 1. The molecule has 0 aliphatic carbocycles. The summed E-state index contributed by atoms with van der Waals surface area (Å²) in [5, 5.41) is 0. The van der Waals surface area contributed by atoms with Crippen LogP contribution in [-0.2, 0) is 14.8 Å². The van der Waals surface area contributed by atoms with Crippen LogP contribution in [0, 0.1) is 0 Å². The molecular weight excluding hydrogens is 306 g/mol. The van der Waals surface area contributed by atoms with Gasteiger partial charge in [0.15, 0.2) is 0 Å². The summed E-state index contributed by atoms with van der Waals surface area (Å²) < 4.78 is 32.6. The van der Waals surface area contributed by atoms with Gasteiger partial charge >= 0.3 is 0 Å². The molecule has 22 heavy (non-hydrogen) atoms. The lowest BCUT2D eigenvalue weighted by Crippen LogP contribution is -2.31. The number of nitrogens with zero attached hydrogens (tertiary/aromatic N) is 2. The van der Waals surface area contributed by atoms with E-state index in [4.69, 9.17) is 4.74 Å². The fourth-order valence-electron chi connectivity index (χ4n) is 2.09. The molecule has 122 valence electrons. The van der Waals surface area contributed by atoms with E-state index >= 15 is 0 Å². The molecule has 1 aliphatic heterocycles. The van der Waals surface area contributed by atoms with Gasteiger partial charge in [0.1, 0.15) is 5.75 Å². The standard InChI is InChI=1S/C14H21N3O4S/c1-16(2)8-7-15-22(19,20)11-4-5-13-12(10-11)17(3)14(18)6-9-21-13/h4-5,10,15H,6-9H2,1-3H3. The first-order valence-corrected chi connectivity index (χ1v) is 8.47. The minimum Gasteiger partial charge on any atom is -0.491 e. The normalized spacial score (nSPS) is 15.5. The van der Waals surface area contributed by atoms with Crippen molar-refractivity contribution in [1.29, 1.82) is 0 Å². The maximum Gasteiger partial charge on any atom is 0.240 e. The van der Waals surface area contributed by atoms with Gasteiger partial charge in [-0.3, -0.25) is 4.79 Å². The average molecular weight is 327 g/mol. The van der Waals surface area contributed by atoms with Crippen LogP contribution in [0.2, 0.25) is 0 Å². The van der Waals surface area contributed by atoms with Crippen molar-refractivity contribution in [2.24, 2.45) is 0 Å². The number of rotatable bonds is 5. The largest absolute Gasteiger partial charge is 0.491 e. The molecule has 0 saturated carbocycles. The molecule has 1 heterocycles. The second-order valence-corrected chi connectivity index (χ2v) is 7.15. The van der Waals surface area contributed by atoms with Gasteiger partial charge in [-0.15, -0.1) is 0 Å². The molecule has 0 spiro atoms. The minimum atomic E-state index is -3.61. The Morgan fingerprint density at radius 2 is 2.09 bits per heavy atom. The Balaban J connectivity index is 2.26. The van der Waals surface area contributed by atoms with Crippen LogP contribution < -0.4 is 14.4 Å². The van der Waals surface area contributed by atoms with Crippen molar-refractivity contribution in [2.45, 2.75) is 11.3 Å². The van der Waals surface area contributed by atoms with E-state index in [-0.39, 0.29) is 17.2 Å². The van der Waals surface area contributed by atoms with Crippen molar-refractivity contribution in [3.8, 4) is 5.75 Å². The zero-order chi connectivity index (χ0) is 16.3. The number of hydrogen-bond acceptors (Lipinski definition) is 5. The van der Waals surface area contributed by atoms with Crippen molar-refractivity contribution in [2.75, 3.05) is 45.7 Å². The second-order valence-electron chi connectivity index (χ2n) is 5.38. The van der Waals surface area contributed by atoms with E-state index in [1.807, 2.05) is 19.0 Å². The van der Waals surface area contributed by atoms with Gasteiger partial charge in [-0.1, -0.05) is 0 Å². The Bertz CT molecular complexity index is 658. The monoisotopic (exact) mass is 327 g/mol. The lowest BCUT2D eigenvalue weighted by molar-refractivity contribution is -0.118. The Kier molecular flexibility index (Phi) is 5.05. The maximum atomic E-state index is 12.3. The molecule has 1 aromatic carbocycles. The zero-order valence-electron chi connectivity index (χ0n) is 13.0. The number of nitrogens with one attached hydrogen (secondary N) is 1. The first-order chi connectivity index (χ1) is 10.3. The van der Waals surface area contributed by atoms with Gasteiger partial charge in [0.25, 0.3) is 0 Å². The van der Waals surface area contributed by atoms with Gasteiger partial charge in [0.2, 0.25) is 15.9 Å². The number of hydrogen-bond donors (Lipinski definition) is 1. The van der Waals surface area contributed by atoms with Crippen LogP contribution in [0.3, 0.4) is 0 Å². The number of carbonyl (C=O) groups is 1. The summed E-state index contributed by atoms with van der Waals surface area (Å²) in [7, 11) is 1.74. The zero-order valence-corrected chi connectivity index (χ0v) is 13.8. The fourth-order valence-corrected chi connectivity index (χ4v) is 3.13. The molecule has 0 atom stereocenters. The van der Waals surface area contributed by atoms with Crippen LogP contribution in [0.1, 0.15) is 6.42 Å². The molecule has 0 saturated heterocycles. The summed E-state index contributed by atoms with van der Waals surface area (Å²) in [5.41, 5.74) is 0.470. The Morgan fingerprint density at radius 1 is 1.36 bits per heavy atom. The van der Waals surface area contributed by atoms with Crippen LogP contribution in [0.15, 0.2) is 23.1 Å². The van der Waals surface area contributed by atoms with Crippen LogP contribution in [0.5, 0.6) is 5.75 Å². The number of ether oxygens (including phenoxy) is 1. The lowest BCUT2D eigenvalue weighted by Gasteiger charge is -2.17. The van der Waals surface area contributed by atoms with Crippen LogP contribution in [0.4, 0.5) is 5.69 Å². The first-order valence-electron chi connectivity index (χ1n) is 6.99. The lowest BCUT2D eigenvalue weighted by atomic mass is 10.2. The van der Waals surface area contributed by atoms with Gasteiger partial charge in [-0.05, 0) is 32.3 Å². The van der Waals surface area contributed by atoms with Crippen molar-refractivity contribution in [3.05, 3.63) is 18.2 Å². The highest BCUT2D eigenvalue weighted by molar-refractivity contribution is 7.89. The van der Waals surface area contributed by atoms with Gasteiger partial charge in [0, 0.05) is 20.1 Å². The van der Waals surface area contributed by atoms with E-state index in [9.17, 15) is 13.2 Å². The topological polar surface area (TPSA) is 79.0 Å². The fraction of sp³-hybridized carbons (Fsp3) is 0.500. The SMILES string of the molecule is CN(C)CCNS(=O)(=O)c1ccc2c(c1)N(C)C(=O)CCO2. The van der Waals surface area contributed by atoms with Gasteiger partial charge in [-0.25, -0.2) is 13.1 Å². The van der Waals surface area contributed by atoms with Crippen LogP contribution in [-0.4, -0.2) is 60.1 Å². The number of likely N-dealkylation sites (N-methyl/N-ethyl adjacent to an activating group) is 1. The summed E-state index contributed by atoms with van der Waals surface area (Å²) in [6.07, 6.45) is 0.272. The highest BCUT2D eigenvalue weighted by Gasteiger charge is 2.23. The number of anilines is 1. The second kappa shape index (κ2) is 6.64.